The Bertz CT molecular complexity index is 656. The van der Waals surface area contributed by atoms with Crippen LogP contribution in [0.5, 0.6) is 0 Å². The van der Waals surface area contributed by atoms with E-state index in [0.29, 0.717) is 24.0 Å². The number of aliphatic imine (C=N–C) groups is 1. The molecule has 1 amide bonds. The summed E-state index contributed by atoms with van der Waals surface area (Å²) >= 11 is 1.48. The van der Waals surface area contributed by atoms with Gasteiger partial charge in [0.1, 0.15) is 5.82 Å². The molecule has 1 aromatic carbocycles. The van der Waals surface area contributed by atoms with E-state index in [9.17, 15) is 9.18 Å². The van der Waals surface area contributed by atoms with Gasteiger partial charge in [0.25, 0.3) is 0 Å². The number of rotatable bonds is 10. The van der Waals surface area contributed by atoms with Crippen molar-refractivity contribution in [3.63, 3.8) is 0 Å². The largest absolute Gasteiger partial charge is 0.357 e. The minimum atomic E-state index is -0.179. The van der Waals surface area contributed by atoms with Crippen molar-refractivity contribution >= 4 is 47.6 Å². The highest BCUT2D eigenvalue weighted by Crippen LogP contribution is 2.20. The highest BCUT2D eigenvalue weighted by molar-refractivity contribution is 14.0. The molecule has 9 heteroatoms. The maximum atomic E-state index is 13.7. The topological polar surface area (TPSA) is 68.8 Å². The van der Waals surface area contributed by atoms with Crippen LogP contribution in [0.1, 0.15) is 33.1 Å². The number of nitrogens with zero attached hydrogens (tertiary/aromatic N) is 2. The second-order valence-electron chi connectivity index (χ2n) is 7.08. The molecule has 0 spiro atoms. The average molecular weight is 552 g/mol. The molecule has 1 aromatic rings. The second-order valence-corrected chi connectivity index (χ2v) is 8.22. The number of halogens is 2. The predicted molar refractivity (Wildman–Crippen MR) is 134 cm³/mol. The number of likely N-dealkylation sites (tertiary alicyclic amines) is 1. The molecule has 0 saturated carbocycles. The molecule has 0 aromatic heterocycles. The first-order chi connectivity index (χ1) is 14.1. The van der Waals surface area contributed by atoms with Gasteiger partial charge in [-0.1, -0.05) is 19.1 Å². The van der Waals surface area contributed by atoms with Crippen LogP contribution in [0.3, 0.4) is 0 Å². The second kappa shape index (κ2) is 15.7. The zero-order valence-electron chi connectivity index (χ0n) is 18.0. The number of carbonyl (C=O) groups is 1. The van der Waals surface area contributed by atoms with Gasteiger partial charge in [0.2, 0.25) is 5.91 Å². The first-order valence-corrected chi connectivity index (χ1v) is 11.5. The summed E-state index contributed by atoms with van der Waals surface area (Å²) in [5.41, 5.74) is 0. The number of thioether (sulfide) groups is 1. The van der Waals surface area contributed by atoms with Gasteiger partial charge < -0.3 is 16.0 Å². The molecule has 1 aliphatic rings. The number of carbonyl (C=O) groups excluding carboxylic acids is 1. The molecular weight excluding hydrogens is 516 g/mol. The number of guanidine groups is 1. The minimum absolute atomic E-state index is 0. The zero-order valence-corrected chi connectivity index (χ0v) is 21.1. The van der Waals surface area contributed by atoms with Crippen LogP contribution in [-0.4, -0.2) is 67.8 Å². The molecule has 1 saturated heterocycles. The summed E-state index contributed by atoms with van der Waals surface area (Å²) in [6, 6.07) is 7.18. The molecule has 0 atom stereocenters. The molecule has 3 N–H and O–H groups in total. The van der Waals surface area contributed by atoms with Crippen LogP contribution < -0.4 is 16.0 Å². The van der Waals surface area contributed by atoms with E-state index in [2.05, 4.69) is 32.8 Å². The normalized spacial score (nSPS) is 15.4. The average Bonchev–Trinajstić information content (AvgIpc) is 2.72. The van der Waals surface area contributed by atoms with Gasteiger partial charge in [-0.3, -0.25) is 14.7 Å². The van der Waals surface area contributed by atoms with Crippen LogP contribution in [0.15, 0.2) is 34.2 Å². The fourth-order valence-electron chi connectivity index (χ4n) is 3.15. The Balaban J connectivity index is 0.00000450. The molecule has 30 heavy (non-hydrogen) atoms. The summed E-state index contributed by atoms with van der Waals surface area (Å²) in [7, 11) is 0. The quantitative estimate of drug-likeness (QED) is 0.137. The molecule has 0 radical (unpaired) electrons. The van der Waals surface area contributed by atoms with Gasteiger partial charge in [-0.2, -0.15) is 0 Å². The summed E-state index contributed by atoms with van der Waals surface area (Å²) < 4.78 is 13.7. The van der Waals surface area contributed by atoms with Gasteiger partial charge in [-0.05, 0) is 38.3 Å². The Morgan fingerprint density at radius 2 is 1.97 bits per heavy atom. The number of amides is 1. The smallest absolute Gasteiger partial charge is 0.234 e. The summed E-state index contributed by atoms with van der Waals surface area (Å²) in [6.07, 6.45) is 2.92. The molecular formula is C21H35FIN5OS. The van der Waals surface area contributed by atoms with E-state index in [1.807, 2.05) is 13.0 Å². The van der Waals surface area contributed by atoms with E-state index in [4.69, 9.17) is 0 Å². The van der Waals surface area contributed by atoms with E-state index >= 15 is 0 Å². The Morgan fingerprint density at radius 3 is 2.63 bits per heavy atom. The lowest BCUT2D eigenvalue weighted by Gasteiger charge is -2.32. The number of hydrogen-bond donors (Lipinski definition) is 3. The molecule has 1 aliphatic heterocycles. The van der Waals surface area contributed by atoms with E-state index in [-0.39, 0.29) is 35.7 Å². The van der Waals surface area contributed by atoms with Crippen molar-refractivity contribution in [3.05, 3.63) is 30.1 Å². The van der Waals surface area contributed by atoms with Crippen molar-refractivity contribution in [2.45, 2.75) is 44.0 Å². The van der Waals surface area contributed by atoms with Gasteiger partial charge in [-0.25, -0.2) is 4.39 Å². The lowest BCUT2D eigenvalue weighted by molar-refractivity contribution is -0.122. The number of nitrogens with one attached hydrogen (secondary N) is 3. The van der Waals surface area contributed by atoms with E-state index in [0.717, 1.165) is 57.2 Å². The molecule has 0 aliphatic carbocycles. The molecule has 1 heterocycles. The Hall–Kier alpha value is -1.07. The third-order valence-electron chi connectivity index (χ3n) is 4.67. The maximum absolute atomic E-state index is 13.7. The Kier molecular flexibility index (Phi) is 14.1. The Labute approximate surface area is 201 Å². The van der Waals surface area contributed by atoms with Crippen molar-refractivity contribution in [1.82, 2.24) is 20.9 Å². The number of hydrogen-bond acceptors (Lipinski definition) is 4. The third-order valence-corrected chi connectivity index (χ3v) is 5.70. The molecule has 6 nitrogen and oxygen atoms in total. The van der Waals surface area contributed by atoms with Gasteiger partial charge in [0.15, 0.2) is 5.96 Å². The molecule has 170 valence electrons. The summed E-state index contributed by atoms with van der Waals surface area (Å²) in [5.74, 6) is 1.46. The lowest BCUT2D eigenvalue weighted by atomic mass is 10.1. The van der Waals surface area contributed by atoms with Crippen LogP contribution >= 0.6 is 35.7 Å². The van der Waals surface area contributed by atoms with Crippen LogP contribution in [-0.2, 0) is 4.79 Å². The van der Waals surface area contributed by atoms with Crippen LogP contribution in [0.2, 0.25) is 0 Å². The van der Waals surface area contributed by atoms with E-state index in [1.54, 1.807) is 12.1 Å². The Morgan fingerprint density at radius 1 is 1.23 bits per heavy atom. The minimum Gasteiger partial charge on any atom is -0.357 e. The van der Waals surface area contributed by atoms with E-state index in [1.165, 1.54) is 17.8 Å². The molecule has 2 rings (SSSR count). The van der Waals surface area contributed by atoms with Crippen molar-refractivity contribution in [2.75, 3.05) is 45.0 Å². The standard InChI is InChI=1S/C21H34FN5OS.HI/c1-3-11-24-20(28)16-27-13-9-17(10-14-27)26-21(23-4-2)25-12-15-29-19-8-6-5-7-18(19)22;/h5-8,17H,3-4,9-16H2,1-2H3,(H,24,28)(H2,23,25,26);1H. The molecule has 0 bridgehead atoms. The van der Waals surface area contributed by atoms with Crippen LogP contribution in [0.4, 0.5) is 4.39 Å². The van der Waals surface area contributed by atoms with E-state index < -0.39 is 0 Å². The number of benzene rings is 1. The van der Waals surface area contributed by atoms with Gasteiger partial charge in [0.05, 0.1) is 13.1 Å². The molecule has 0 unspecified atom stereocenters. The van der Waals surface area contributed by atoms with Crippen LogP contribution in [0.25, 0.3) is 0 Å². The first-order valence-electron chi connectivity index (χ1n) is 10.5. The van der Waals surface area contributed by atoms with Gasteiger partial charge in [0, 0.05) is 42.9 Å². The first kappa shape index (κ1) is 27.0. The van der Waals surface area contributed by atoms with Crippen molar-refractivity contribution < 1.29 is 9.18 Å². The highest BCUT2D eigenvalue weighted by Gasteiger charge is 2.21. The third kappa shape index (κ3) is 10.3. The maximum Gasteiger partial charge on any atom is 0.234 e. The van der Waals surface area contributed by atoms with Crippen LogP contribution in [0, 0.1) is 5.82 Å². The monoisotopic (exact) mass is 551 g/mol. The SMILES string of the molecule is CCCNC(=O)CN1CCC(NC(=NCCSc2ccccc2F)NCC)CC1.I. The fraction of sp³-hybridized carbons (Fsp3) is 0.619. The molecule has 1 fully saturated rings. The number of piperidine rings is 1. The predicted octanol–water partition coefficient (Wildman–Crippen LogP) is 3.08. The van der Waals surface area contributed by atoms with Crippen molar-refractivity contribution in [3.8, 4) is 0 Å². The lowest BCUT2D eigenvalue weighted by Crippen LogP contribution is -2.50. The fourth-order valence-corrected chi connectivity index (χ4v) is 3.93. The summed E-state index contributed by atoms with van der Waals surface area (Å²) in [5, 5.41) is 9.72. The zero-order chi connectivity index (χ0) is 20.9. The van der Waals surface area contributed by atoms with Gasteiger partial charge in [-0.15, -0.1) is 35.7 Å². The van der Waals surface area contributed by atoms with Gasteiger partial charge >= 0.3 is 0 Å². The highest BCUT2D eigenvalue weighted by atomic mass is 127. The summed E-state index contributed by atoms with van der Waals surface area (Å²) in [6.45, 7) is 8.54. The summed E-state index contributed by atoms with van der Waals surface area (Å²) in [4.78, 5) is 19.4. The van der Waals surface area contributed by atoms with Crippen molar-refractivity contribution in [2.24, 2.45) is 4.99 Å². The van der Waals surface area contributed by atoms with Crippen molar-refractivity contribution in [1.29, 1.82) is 0 Å².